The minimum Gasteiger partial charge on any atom is -0.399 e. The molecule has 2 rings (SSSR count). The zero-order chi connectivity index (χ0) is 14.2. The van der Waals surface area contributed by atoms with Gasteiger partial charge in [-0.25, -0.2) is 8.42 Å². The molecule has 4 nitrogen and oxygen atoms in total. The Kier molecular flexibility index (Phi) is 3.24. The summed E-state index contributed by atoms with van der Waals surface area (Å²) in [6, 6.07) is 9.34. The van der Waals surface area contributed by atoms with Crippen molar-refractivity contribution in [2.75, 3.05) is 11.5 Å². The van der Waals surface area contributed by atoms with E-state index in [1.165, 1.54) is 12.1 Å². The van der Waals surface area contributed by atoms with Gasteiger partial charge in [0.15, 0.2) is 0 Å². The second-order valence-corrected chi connectivity index (χ2v) is 6.49. The summed E-state index contributed by atoms with van der Waals surface area (Å²) in [5.74, 6) is 0. The third-order valence-electron chi connectivity index (χ3n) is 3.07. The maximum absolute atomic E-state index is 12.5. The molecule has 100 valence electrons. The van der Waals surface area contributed by atoms with Crippen molar-refractivity contribution in [2.45, 2.75) is 23.6 Å². The van der Waals surface area contributed by atoms with Gasteiger partial charge in [0, 0.05) is 11.4 Å². The third-order valence-corrected chi connectivity index (χ3v) is 4.82. The predicted octanol–water partition coefficient (Wildman–Crippen LogP) is 2.30. The summed E-state index contributed by atoms with van der Waals surface area (Å²) < 4.78 is 25.0. The lowest BCUT2D eigenvalue weighted by molar-refractivity contribution is 0.596. The van der Waals surface area contributed by atoms with E-state index in [0.29, 0.717) is 11.4 Å². The van der Waals surface area contributed by atoms with E-state index < -0.39 is 9.84 Å². The number of hydrogen-bond donors (Lipinski definition) is 2. The van der Waals surface area contributed by atoms with Gasteiger partial charge in [-0.1, -0.05) is 0 Å². The number of nitrogen functional groups attached to an aromatic ring is 2. The summed E-state index contributed by atoms with van der Waals surface area (Å²) in [5, 5.41) is 0. The van der Waals surface area contributed by atoms with E-state index >= 15 is 0 Å². The Hall–Kier alpha value is -2.01. The van der Waals surface area contributed by atoms with Gasteiger partial charge in [0.1, 0.15) is 0 Å². The summed E-state index contributed by atoms with van der Waals surface area (Å²) in [5.41, 5.74) is 14.1. The molecule has 2 aromatic carbocycles. The molecule has 0 aliphatic carbocycles. The lowest BCUT2D eigenvalue weighted by atomic mass is 10.1. The van der Waals surface area contributed by atoms with Crippen LogP contribution in [0.1, 0.15) is 11.1 Å². The van der Waals surface area contributed by atoms with Gasteiger partial charge in [0.2, 0.25) is 9.84 Å². The second-order valence-electron chi connectivity index (χ2n) is 4.54. The molecule has 0 aromatic heterocycles. The summed E-state index contributed by atoms with van der Waals surface area (Å²) in [4.78, 5) is 0.478. The van der Waals surface area contributed by atoms with Crippen LogP contribution in [0.3, 0.4) is 0 Å². The lowest BCUT2D eigenvalue weighted by Gasteiger charge is -2.10. The van der Waals surface area contributed by atoms with Crippen LogP contribution in [0.2, 0.25) is 0 Å². The maximum Gasteiger partial charge on any atom is 0.206 e. The largest absolute Gasteiger partial charge is 0.399 e. The number of anilines is 2. The highest BCUT2D eigenvalue weighted by molar-refractivity contribution is 7.91. The minimum atomic E-state index is -3.53. The number of hydrogen-bond acceptors (Lipinski definition) is 4. The average molecular weight is 276 g/mol. The molecule has 0 saturated carbocycles. The lowest BCUT2D eigenvalue weighted by Crippen LogP contribution is -2.05. The molecule has 0 aliphatic heterocycles. The number of rotatable bonds is 2. The topological polar surface area (TPSA) is 86.2 Å². The fourth-order valence-electron chi connectivity index (χ4n) is 1.87. The molecular formula is C14H16N2O2S. The van der Waals surface area contributed by atoms with Gasteiger partial charge < -0.3 is 11.5 Å². The number of sulfone groups is 1. The standard InChI is InChI=1S/C14H16N2O2S/c1-9-7-13(8-10(2)14(9)16)19(17,18)12-5-3-11(15)4-6-12/h3-8H,15-16H2,1-2H3. The molecule has 0 amide bonds. The third kappa shape index (κ3) is 2.42. The molecule has 0 bridgehead atoms. The van der Waals surface area contributed by atoms with Gasteiger partial charge in [-0.3, -0.25) is 0 Å². The Morgan fingerprint density at radius 3 is 1.79 bits per heavy atom. The molecule has 0 aliphatic rings. The van der Waals surface area contributed by atoms with Crippen molar-refractivity contribution in [3.05, 3.63) is 47.5 Å². The van der Waals surface area contributed by atoms with E-state index in [9.17, 15) is 8.42 Å². The van der Waals surface area contributed by atoms with Crippen molar-refractivity contribution in [1.29, 1.82) is 0 Å². The van der Waals surface area contributed by atoms with Gasteiger partial charge in [0.05, 0.1) is 9.79 Å². The van der Waals surface area contributed by atoms with Gasteiger partial charge >= 0.3 is 0 Å². The monoisotopic (exact) mass is 276 g/mol. The summed E-state index contributed by atoms with van der Waals surface area (Å²) in [6.07, 6.45) is 0. The predicted molar refractivity (Wildman–Crippen MR) is 76.6 cm³/mol. The first-order valence-corrected chi connectivity index (χ1v) is 7.28. The normalized spacial score (nSPS) is 11.5. The molecular weight excluding hydrogens is 260 g/mol. The van der Waals surface area contributed by atoms with Crippen LogP contribution in [0.15, 0.2) is 46.2 Å². The van der Waals surface area contributed by atoms with E-state index in [0.717, 1.165) is 11.1 Å². The first-order chi connectivity index (χ1) is 8.82. The van der Waals surface area contributed by atoms with Crippen LogP contribution in [0.25, 0.3) is 0 Å². The Morgan fingerprint density at radius 2 is 1.32 bits per heavy atom. The van der Waals surface area contributed by atoms with Crippen molar-refractivity contribution >= 4 is 21.2 Å². The Morgan fingerprint density at radius 1 is 0.842 bits per heavy atom. The van der Waals surface area contributed by atoms with Gasteiger partial charge in [-0.15, -0.1) is 0 Å². The first-order valence-electron chi connectivity index (χ1n) is 5.79. The molecule has 5 heteroatoms. The zero-order valence-corrected chi connectivity index (χ0v) is 11.7. The molecule has 0 radical (unpaired) electrons. The van der Waals surface area contributed by atoms with Gasteiger partial charge in [-0.2, -0.15) is 0 Å². The molecule has 0 fully saturated rings. The van der Waals surface area contributed by atoms with E-state index in [-0.39, 0.29) is 9.79 Å². The smallest absolute Gasteiger partial charge is 0.206 e. The van der Waals surface area contributed by atoms with Crippen LogP contribution >= 0.6 is 0 Å². The highest BCUT2D eigenvalue weighted by atomic mass is 32.2. The van der Waals surface area contributed by atoms with Crippen molar-refractivity contribution < 1.29 is 8.42 Å². The van der Waals surface area contributed by atoms with E-state index in [2.05, 4.69) is 0 Å². The van der Waals surface area contributed by atoms with Crippen LogP contribution in [-0.2, 0) is 9.84 Å². The summed E-state index contributed by atoms with van der Waals surface area (Å²) in [6.45, 7) is 3.59. The van der Waals surface area contributed by atoms with Crippen molar-refractivity contribution in [2.24, 2.45) is 0 Å². The average Bonchev–Trinajstić information content (AvgIpc) is 2.35. The zero-order valence-electron chi connectivity index (χ0n) is 10.8. The van der Waals surface area contributed by atoms with Crippen LogP contribution in [0.5, 0.6) is 0 Å². The maximum atomic E-state index is 12.5. The minimum absolute atomic E-state index is 0.227. The Labute approximate surface area is 113 Å². The van der Waals surface area contributed by atoms with Crippen LogP contribution in [0, 0.1) is 13.8 Å². The molecule has 0 saturated heterocycles. The summed E-state index contributed by atoms with van der Waals surface area (Å²) in [7, 11) is -3.53. The van der Waals surface area contributed by atoms with E-state index in [1.54, 1.807) is 38.1 Å². The first kappa shape index (κ1) is 13.4. The fourth-order valence-corrected chi connectivity index (χ4v) is 3.30. The van der Waals surface area contributed by atoms with E-state index in [1.807, 2.05) is 0 Å². The van der Waals surface area contributed by atoms with Crippen molar-refractivity contribution in [3.63, 3.8) is 0 Å². The number of nitrogens with two attached hydrogens (primary N) is 2. The highest BCUT2D eigenvalue weighted by Gasteiger charge is 2.19. The quantitative estimate of drug-likeness (QED) is 0.824. The molecule has 0 unspecified atom stereocenters. The molecule has 0 atom stereocenters. The number of aryl methyl sites for hydroxylation is 2. The van der Waals surface area contributed by atoms with Crippen LogP contribution in [-0.4, -0.2) is 8.42 Å². The molecule has 0 spiro atoms. The number of benzene rings is 2. The summed E-state index contributed by atoms with van der Waals surface area (Å²) >= 11 is 0. The molecule has 4 N–H and O–H groups in total. The molecule has 0 heterocycles. The molecule has 2 aromatic rings. The van der Waals surface area contributed by atoms with Gasteiger partial charge in [-0.05, 0) is 61.4 Å². The van der Waals surface area contributed by atoms with Gasteiger partial charge in [0.25, 0.3) is 0 Å². The second kappa shape index (κ2) is 4.59. The fraction of sp³-hybridized carbons (Fsp3) is 0.143. The Balaban J connectivity index is 2.60. The Bertz CT molecular complexity index is 697. The molecule has 19 heavy (non-hydrogen) atoms. The van der Waals surface area contributed by atoms with Crippen LogP contribution in [0.4, 0.5) is 11.4 Å². The van der Waals surface area contributed by atoms with Crippen molar-refractivity contribution in [3.8, 4) is 0 Å². The van der Waals surface area contributed by atoms with E-state index in [4.69, 9.17) is 11.5 Å². The SMILES string of the molecule is Cc1cc(S(=O)(=O)c2ccc(N)cc2)cc(C)c1N. The highest BCUT2D eigenvalue weighted by Crippen LogP contribution is 2.26. The van der Waals surface area contributed by atoms with Crippen molar-refractivity contribution in [1.82, 2.24) is 0 Å². The van der Waals surface area contributed by atoms with Crippen LogP contribution < -0.4 is 11.5 Å².